The molecule has 28 heavy (non-hydrogen) atoms. The van der Waals surface area contributed by atoms with Crippen molar-refractivity contribution in [1.29, 1.82) is 0 Å². The summed E-state index contributed by atoms with van der Waals surface area (Å²) < 4.78 is 46.6. The van der Waals surface area contributed by atoms with Crippen LogP contribution < -0.4 is 4.90 Å². The van der Waals surface area contributed by atoms with E-state index in [4.69, 9.17) is 4.42 Å². The summed E-state index contributed by atoms with van der Waals surface area (Å²) in [6.45, 7) is 5.77. The molecule has 1 N–H and O–H groups in total. The molecular weight excluding hydrogens is 375 g/mol. The molecule has 1 saturated heterocycles. The maximum absolute atomic E-state index is 13.6. The largest absolute Gasteiger partial charge is 0.463 e. The van der Waals surface area contributed by atoms with Gasteiger partial charge in [0.05, 0.1) is 39.0 Å². The number of hydrogen-bond acceptors (Lipinski definition) is 4. The first kappa shape index (κ1) is 18.5. The van der Waals surface area contributed by atoms with E-state index in [-0.39, 0.29) is 28.7 Å². The summed E-state index contributed by atoms with van der Waals surface area (Å²) >= 11 is 0. The predicted molar refractivity (Wildman–Crippen MR) is 92.8 cm³/mol. The van der Waals surface area contributed by atoms with Crippen LogP contribution in [0.3, 0.4) is 0 Å². The van der Waals surface area contributed by atoms with E-state index in [1.807, 2.05) is 0 Å². The van der Waals surface area contributed by atoms with Crippen LogP contribution >= 0.6 is 0 Å². The third-order valence-corrected chi connectivity index (χ3v) is 4.97. The molecule has 0 atom stereocenters. The second-order valence-electron chi connectivity index (χ2n) is 6.70. The van der Waals surface area contributed by atoms with Gasteiger partial charge in [-0.25, -0.2) is 9.50 Å². The van der Waals surface area contributed by atoms with E-state index in [2.05, 4.69) is 17.0 Å². The highest BCUT2D eigenvalue weighted by molar-refractivity contribution is 5.93. The molecule has 0 spiro atoms. The molecule has 4 heterocycles. The van der Waals surface area contributed by atoms with Crippen LogP contribution in [0.4, 0.5) is 13.2 Å². The van der Waals surface area contributed by atoms with Crippen molar-refractivity contribution >= 4 is 11.6 Å². The van der Waals surface area contributed by atoms with Crippen molar-refractivity contribution in [2.24, 2.45) is 0 Å². The lowest BCUT2D eigenvalue weighted by Crippen LogP contribution is -3.14. The standard InChI is InChI=1S/C18H18F3N5O2/c1-2-24-5-7-25(8-6-24)17(27)13-11-16-22-12(14-4-3-9-28-14)10-15(18(19,20)21)26(16)23-13/h3-4,9-11H,2,5-8H2,1H3/p+1. The van der Waals surface area contributed by atoms with E-state index < -0.39 is 11.9 Å². The summed E-state index contributed by atoms with van der Waals surface area (Å²) in [7, 11) is 0. The molecule has 7 nitrogen and oxygen atoms in total. The number of piperazine rings is 1. The van der Waals surface area contributed by atoms with Gasteiger partial charge in [0.2, 0.25) is 0 Å². The van der Waals surface area contributed by atoms with E-state index in [1.54, 1.807) is 11.0 Å². The minimum atomic E-state index is -4.66. The summed E-state index contributed by atoms with van der Waals surface area (Å²) in [5.41, 5.74) is -1.08. The molecule has 0 aliphatic carbocycles. The van der Waals surface area contributed by atoms with Crippen LogP contribution in [0.5, 0.6) is 0 Å². The number of aromatic nitrogens is 3. The number of halogens is 3. The van der Waals surface area contributed by atoms with Gasteiger partial charge in [0, 0.05) is 6.07 Å². The molecule has 10 heteroatoms. The second kappa shape index (κ2) is 6.93. The number of nitrogens with zero attached hydrogens (tertiary/aromatic N) is 4. The third kappa shape index (κ3) is 3.35. The lowest BCUT2D eigenvalue weighted by Gasteiger charge is -2.31. The van der Waals surface area contributed by atoms with Gasteiger partial charge < -0.3 is 14.2 Å². The van der Waals surface area contributed by atoms with E-state index >= 15 is 0 Å². The molecule has 148 valence electrons. The van der Waals surface area contributed by atoms with Crippen LogP contribution in [0.15, 0.2) is 34.9 Å². The van der Waals surface area contributed by atoms with Crippen LogP contribution in [0, 0.1) is 0 Å². The Morgan fingerprint density at radius 1 is 1.29 bits per heavy atom. The highest BCUT2D eigenvalue weighted by Crippen LogP contribution is 2.32. The average molecular weight is 394 g/mol. The number of carbonyl (C=O) groups excluding carboxylic acids is 1. The first-order valence-electron chi connectivity index (χ1n) is 9.01. The molecule has 1 aliphatic heterocycles. The zero-order chi connectivity index (χ0) is 19.9. The van der Waals surface area contributed by atoms with Gasteiger partial charge in [-0.15, -0.1) is 0 Å². The highest BCUT2D eigenvalue weighted by Gasteiger charge is 2.36. The zero-order valence-electron chi connectivity index (χ0n) is 15.2. The molecule has 3 aromatic heterocycles. The molecule has 4 rings (SSSR count). The maximum atomic E-state index is 13.6. The molecule has 0 unspecified atom stereocenters. The molecule has 1 fully saturated rings. The Morgan fingerprint density at radius 3 is 2.64 bits per heavy atom. The molecule has 0 saturated carbocycles. The van der Waals surface area contributed by atoms with E-state index in [0.29, 0.717) is 17.6 Å². The average Bonchev–Trinajstić information content (AvgIpc) is 3.35. The molecule has 0 radical (unpaired) electrons. The molecule has 1 amide bonds. The molecule has 0 bridgehead atoms. The summed E-state index contributed by atoms with van der Waals surface area (Å²) in [5, 5.41) is 3.92. The van der Waals surface area contributed by atoms with Crippen molar-refractivity contribution in [1.82, 2.24) is 19.5 Å². The predicted octanol–water partition coefficient (Wildman–Crippen LogP) is 1.37. The van der Waals surface area contributed by atoms with Gasteiger partial charge in [-0.05, 0) is 25.1 Å². The van der Waals surface area contributed by atoms with Crippen LogP contribution in [0.25, 0.3) is 17.1 Å². The van der Waals surface area contributed by atoms with Crippen LogP contribution in [-0.4, -0.2) is 58.1 Å². The van der Waals surface area contributed by atoms with E-state index in [0.717, 1.165) is 25.7 Å². The lowest BCUT2D eigenvalue weighted by molar-refractivity contribution is -0.902. The Balaban J connectivity index is 1.73. The number of carbonyl (C=O) groups is 1. The molecule has 3 aromatic rings. The summed E-state index contributed by atoms with van der Waals surface area (Å²) in [4.78, 5) is 20.0. The second-order valence-corrected chi connectivity index (χ2v) is 6.70. The maximum Gasteiger partial charge on any atom is 0.433 e. The lowest BCUT2D eigenvalue weighted by atomic mass is 10.2. The first-order valence-corrected chi connectivity index (χ1v) is 9.01. The Bertz CT molecular complexity index is 989. The number of hydrogen-bond donors (Lipinski definition) is 1. The fraction of sp³-hybridized carbons (Fsp3) is 0.389. The van der Waals surface area contributed by atoms with E-state index in [9.17, 15) is 18.0 Å². The number of rotatable bonds is 3. The Morgan fingerprint density at radius 2 is 2.04 bits per heavy atom. The fourth-order valence-corrected chi connectivity index (χ4v) is 3.37. The summed E-state index contributed by atoms with van der Waals surface area (Å²) in [6, 6.07) is 5.26. The van der Waals surface area contributed by atoms with Gasteiger partial charge in [0.15, 0.2) is 22.8 Å². The highest BCUT2D eigenvalue weighted by atomic mass is 19.4. The van der Waals surface area contributed by atoms with Crippen molar-refractivity contribution in [3.8, 4) is 11.5 Å². The number of furan rings is 1. The Hall–Kier alpha value is -2.88. The van der Waals surface area contributed by atoms with Crippen LogP contribution in [0.1, 0.15) is 23.1 Å². The molecule has 1 aliphatic rings. The smallest absolute Gasteiger partial charge is 0.433 e. The quantitative estimate of drug-likeness (QED) is 0.729. The number of nitrogens with one attached hydrogen (secondary N) is 1. The molecular formula is C18H19F3N5O2+. The van der Waals surface area contributed by atoms with Crippen molar-refractivity contribution in [2.45, 2.75) is 13.1 Å². The SMILES string of the molecule is CC[NH+]1CCN(C(=O)c2cc3nc(-c4ccco4)cc(C(F)(F)F)n3n2)CC1. The van der Waals surface area contributed by atoms with Crippen LogP contribution in [0.2, 0.25) is 0 Å². The van der Waals surface area contributed by atoms with Gasteiger partial charge in [0.25, 0.3) is 5.91 Å². The van der Waals surface area contributed by atoms with Crippen molar-refractivity contribution < 1.29 is 27.3 Å². The summed E-state index contributed by atoms with van der Waals surface area (Å²) in [5.74, 6) is -0.172. The number of fused-ring (bicyclic) bond motifs is 1. The number of likely N-dealkylation sites (N-methyl/N-ethyl adjacent to an activating group) is 1. The number of quaternary nitrogens is 1. The van der Waals surface area contributed by atoms with Gasteiger partial charge in [-0.1, -0.05) is 0 Å². The van der Waals surface area contributed by atoms with Crippen LogP contribution in [-0.2, 0) is 6.18 Å². The van der Waals surface area contributed by atoms with Crippen molar-refractivity contribution in [3.05, 3.63) is 41.9 Å². The fourth-order valence-electron chi connectivity index (χ4n) is 3.37. The first-order chi connectivity index (χ1) is 13.4. The number of amides is 1. The third-order valence-electron chi connectivity index (χ3n) is 4.97. The van der Waals surface area contributed by atoms with Gasteiger partial charge in [0.1, 0.15) is 5.69 Å². The van der Waals surface area contributed by atoms with E-state index in [1.165, 1.54) is 23.3 Å². The van der Waals surface area contributed by atoms with Gasteiger partial charge >= 0.3 is 6.18 Å². The van der Waals surface area contributed by atoms with Crippen molar-refractivity contribution in [3.63, 3.8) is 0 Å². The number of alkyl halides is 3. The normalized spacial score (nSPS) is 16.1. The Kier molecular flexibility index (Phi) is 4.58. The minimum Gasteiger partial charge on any atom is -0.463 e. The van der Waals surface area contributed by atoms with Gasteiger partial charge in [-0.3, -0.25) is 4.79 Å². The minimum absolute atomic E-state index is 0.0314. The van der Waals surface area contributed by atoms with Crippen molar-refractivity contribution in [2.75, 3.05) is 32.7 Å². The monoisotopic (exact) mass is 394 g/mol. The zero-order valence-corrected chi connectivity index (χ0v) is 15.2. The molecule has 0 aromatic carbocycles. The topological polar surface area (TPSA) is 68.1 Å². The summed E-state index contributed by atoms with van der Waals surface area (Å²) in [6.07, 6.45) is -3.30. The van der Waals surface area contributed by atoms with Gasteiger partial charge in [-0.2, -0.15) is 18.3 Å². The Labute approximate surface area is 158 Å².